The summed E-state index contributed by atoms with van der Waals surface area (Å²) in [7, 11) is 1.46. The standard InChI is InChI=1S/C26H23F3N2O4S2/c1-14-15(2)20(10-9-18(14)17-7-4-16(5-8-17)6-11-21(32)33)35-13-19-23(25-30-12-22(34-3)36-25)31-37-24(19)26(27,28)29/h4-5,7-10,12H,6,11,13H2,1-3H3,(H,32,33). The highest BCUT2D eigenvalue weighted by Gasteiger charge is 2.38. The van der Waals surface area contributed by atoms with Crippen molar-refractivity contribution in [1.29, 1.82) is 0 Å². The van der Waals surface area contributed by atoms with Crippen LogP contribution in [0.2, 0.25) is 0 Å². The van der Waals surface area contributed by atoms with Gasteiger partial charge in [0.05, 0.1) is 13.3 Å². The number of hydrogen-bond acceptors (Lipinski definition) is 7. The normalized spacial score (nSPS) is 11.5. The number of carboxylic acids is 1. The van der Waals surface area contributed by atoms with Gasteiger partial charge in [-0.2, -0.15) is 17.5 Å². The van der Waals surface area contributed by atoms with Gasteiger partial charge in [0.25, 0.3) is 0 Å². The number of benzene rings is 2. The quantitative estimate of drug-likeness (QED) is 0.239. The molecule has 4 aromatic rings. The van der Waals surface area contributed by atoms with Gasteiger partial charge in [-0.25, -0.2) is 4.98 Å². The topological polar surface area (TPSA) is 81.5 Å². The van der Waals surface area contributed by atoms with E-state index < -0.39 is 17.0 Å². The minimum atomic E-state index is -4.57. The van der Waals surface area contributed by atoms with Gasteiger partial charge in [0.1, 0.15) is 27.9 Å². The maximum absolute atomic E-state index is 13.7. The molecule has 0 saturated carbocycles. The van der Waals surface area contributed by atoms with Crippen LogP contribution in [0.4, 0.5) is 13.2 Å². The molecule has 0 radical (unpaired) electrons. The van der Waals surface area contributed by atoms with Crippen molar-refractivity contribution in [1.82, 2.24) is 9.36 Å². The van der Waals surface area contributed by atoms with Gasteiger partial charge >= 0.3 is 12.1 Å². The Hall–Kier alpha value is -3.44. The van der Waals surface area contributed by atoms with Gasteiger partial charge in [-0.1, -0.05) is 41.7 Å². The second kappa shape index (κ2) is 10.9. The molecule has 0 spiro atoms. The van der Waals surface area contributed by atoms with Crippen LogP contribution < -0.4 is 9.47 Å². The first-order valence-electron chi connectivity index (χ1n) is 11.2. The number of carbonyl (C=O) groups is 1. The van der Waals surface area contributed by atoms with Crippen LogP contribution >= 0.6 is 22.9 Å². The van der Waals surface area contributed by atoms with Gasteiger partial charge in [0.2, 0.25) is 0 Å². The van der Waals surface area contributed by atoms with Crippen LogP contribution in [0.3, 0.4) is 0 Å². The minimum Gasteiger partial charge on any atom is -0.488 e. The van der Waals surface area contributed by atoms with Crippen molar-refractivity contribution in [2.45, 2.75) is 39.5 Å². The van der Waals surface area contributed by atoms with Crippen molar-refractivity contribution in [3.8, 4) is 32.6 Å². The molecular weight excluding hydrogens is 525 g/mol. The lowest BCUT2D eigenvalue weighted by atomic mass is 9.95. The molecule has 2 heterocycles. The summed E-state index contributed by atoms with van der Waals surface area (Å²) >= 11 is 1.50. The zero-order valence-corrected chi connectivity index (χ0v) is 21.8. The molecule has 37 heavy (non-hydrogen) atoms. The number of rotatable bonds is 9. The molecule has 0 aliphatic carbocycles. The minimum absolute atomic E-state index is 0.0624. The number of alkyl halides is 3. The van der Waals surface area contributed by atoms with Crippen molar-refractivity contribution in [3.05, 3.63) is 69.7 Å². The van der Waals surface area contributed by atoms with Crippen molar-refractivity contribution < 1.29 is 32.5 Å². The molecule has 0 bridgehead atoms. The summed E-state index contributed by atoms with van der Waals surface area (Å²) in [4.78, 5) is 14.1. The van der Waals surface area contributed by atoms with Crippen molar-refractivity contribution >= 4 is 28.8 Å². The number of aryl methyl sites for hydroxylation is 1. The smallest absolute Gasteiger partial charge is 0.427 e. The number of methoxy groups -OCH3 is 1. The fourth-order valence-corrected chi connectivity index (χ4v) is 5.37. The summed E-state index contributed by atoms with van der Waals surface area (Å²) in [5, 5.41) is 9.67. The van der Waals surface area contributed by atoms with E-state index in [4.69, 9.17) is 14.6 Å². The fourth-order valence-electron chi connectivity index (χ4n) is 3.81. The maximum Gasteiger partial charge on any atom is 0.427 e. The molecule has 2 aromatic heterocycles. The van der Waals surface area contributed by atoms with E-state index in [1.54, 1.807) is 6.07 Å². The first-order chi connectivity index (χ1) is 17.6. The van der Waals surface area contributed by atoms with E-state index >= 15 is 0 Å². The molecule has 0 unspecified atom stereocenters. The second-order valence-corrected chi connectivity index (χ2v) is 10.0. The van der Waals surface area contributed by atoms with Crippen LogP contribution in [-0.2, 0) is 24.0 Å². The van der Waals surface area contributed by atoms with E-state index in [2.05, 4.69) is 9.36 Å². The van der Waals surface area contributed by atoms with E-state index in [9.17, 15) is 18.0 Å². The molecule has 2 aromatic carbocycles. The highest BCUT2D eigenvalue weighted by Crippen LogP contribution is 2.42. The number of nitrogens with zero attached hydrogens (tertiary/aromatic N) is 2. The first-order valence-corrected chi connectivity index (χ1v) is 12.8. The zero-order valence-electron chi connectivity index (χ0n) is 20.2. The van der Waals surface area contributed by atoms with Crippen LogP contribution in [0.15, 0.2) is 42.6 Å². The number of halogens is 3. The number of aromatic nitrogens is 2. The number of hydrogen-bond donors (Lipinski definition) is 1. The van der Waals surface area contributed by atoms with E-state index in [1.807, 2.05) is 44.2 Å². The summed E-state index contributed by atoms with van der Waals surface area (Å²) in [6.45, 7) is 3.47. The van der Waals surface area contributed by atoms with Crippen molar-refractivity contribution in [2.24, 2.45) is 0 Å². The highest BCUT2D eigenvalue weighted by atomic mass is 32.1. The summed E-state index contributed by atoms with van der Waals surface area (Å²) in [5.41, 5.74) is 4.65. The van der Waals surface area contributed by atoms with E-state index in [-0.39, 0.29) is 24.3 Å². The third kappa shape index (κ3) is 5.94. The Balaban J connectivity index is 1.58. The van der Waals surface area contributed by atoms with Gasteiger partial charge in [0.15, 0.2) is 5.06 Å². The summed E-state index contributed by atoms with van der Waals surface area (Å²) < 4.78 is 56.2. The summed E-state index contributed by atoms with van der Waals surface area (Å²) in [6, 6.07) is 11.3. The van der Waals surface area contributed by atoms with Crippen LogP contribution in [0.5, 0.6) is 10.8 Å². The Bertz CT molecular complexity index is 1410. The SMILES string of the molecule is COc1cnc(-c2nsc(C(F)(F)F)c2COc2ccc(-c3ccc(CCC(=O)O)cc3)c(C)c2C)s1. The van der Waals surface area contributed by atoms with Crippen LogP contribution in [-0.4, -0.2) is 27.5 Å². The molecule has 6 nitrogen and oxygen atoms in total. The Morgan fingerprint density at radius 1 is 1.08 bits per heavy atom. The van der Waals surface area contributed by atoms with E-state index in [0.717, 1.165) is 39.2 Å². The molecule has 0 atom stereocenters. The van der Waals surface area contributed by atoms with Crippen LogP contribution in [0, 0.1) is 13.8 Å². The van der Waals surface area contributed by atoms with Crippen molar-refractivity contribution in [2.75, 3.05) is 7.11 Å². The third-order valence-electron chi connectivity index (χ3n) is 5.94. The average molecular weight is 549 g/mol. The zero-order chi connectivity index (χ0) is 26.7. The first kappa shape index (κ1) is 26.6. The lowest BCUT2D eigenvalue weighted by molar-refractivity contribution is -0.137. The predicted molar refractivity (Wildman–Crippen MR) is 136 cm³/mol. The van der Waals surface area contributed by atoms with Gasteiger partial charge < -0.3 is 14.6 Å². The number of thiazole rings is 1. The van der Waals surface area contributed by atoms with Crippen LogP contribution in [0.1, 0.15) is 33.6 Å². The highest BCUT2D eigenvalue weighted by molar-refractivity contribution is 7.17. The molecule has 0 fully saturated rings. The average Bonchev–Trinajstić information content (AvgIpc) is 3.51. The molecule has 0 aliphatic rings. The maximum atomic E-state index is 13.7. The van der Waals surface area contributed by atoms with Gasteiger partial charge in [-0.05, 0) is 65.7 Å². The van der Waals surface area contributed by atoms with Crippen molar-refractivity contribution in [3.63, 3.8) is 0 Å². The summed E-state index contributed by atoms with van der Waals surface area (Å²) in [6.07, 6.45) is -2.60. The van der Waals surface area contributed by atoms with Gasteiger partial charge in [-0.15, -0.1) is 0 Å². The third-order valence-corrected chi connectivity index (χ3v) is 7.84. The Morgan fingerprint density at radius 3 is 2.43 bits per heavy atom. The lowest BCUT2D eigenvalue weighted by Gasteiger charge is -2.16. The lowest BCUT2D eigenvalue weighted by Crippen LogP contribution is -2.09. The molecular formula is C26H23F3N2O4S2. The fraction of sp³-hybridized carbons (Fsp3) is 0.269. The monoisotopic (exact) mass is 548 g/mol. The van der Waals surface area contributed by atoms with Gasteiger partial charge in [0, 0.05) is 12.0 Å². The molecule has 1 N–H and O–H groups in total. The van der Waals surface area contributed by atoms with Gasteiger partial charge in [-0.3, -0.25) is 4.79 Å². The molecule has 0 aliphatic heterocycles. The summed E-state index contributed by atoms with van der Waals surface area (Å²) in [5.74, 6) is -0.369. The van der Waals surface area contributed by atoms with Crippen LogP contribution in [0.25, 0.3) is 21.8 Å². The van der Waals surface area contributed by atoms with E-state index in [0.29, 0.717) is 33.8 Å². The predicted octanol–water partition coefficient (Wildman–Crippen LogP) is 7.17. The molecule has 194 valence electrons. The molecule has 4 rings (SSSR count). The van der Waals surface area contributed by atoms with E-state index in [1.165, 1.54) is 13.3 Å². The number of aliphatic carboxylic acids is 1. The Morgan fingerprint density at radius 2 is 1.81 bits per heavy atom. The molecule has 11 heteroatoms. The Kier molecular flexibility index (Phi) is 7.84. The number of carboxylic acid groups (broad SMARTS) is 1. The number of ether oxygens (including phenoxy) is 2. The molecule has 0 amide bonds. The second-order valence-electron chi connectivity index (χ2n) is 8.27. The Labute approximate surface area is 219 Å². The largest absolute Gasteiger partial charge is 0.488 e. The molecule has 0 saturated heterocycles.